The maximum Gasteiger partial charge on any atom is 0.0868 e. The van der Waals surface area contributed by atoms with Gasteiger partial charge in [0.2, 0.25) is 0 Å². The number of rotatable bonds is 1. The fraction of sp³-hybridized carbons (Fsp3) is 0.250. The quantitative estimate of drug-likeness (QED) is 0.440. The molecule has 1 heterocycles. The van der Waals surface area contributed by atoms with Gasteiger partial charge in [0.15, 0.2) is 0 Å². The number of nitrogens with zero attached hydrogens (tertiary/aromatic N) is 2. The molecule has 1 aromatic heterocycles. The summed E-state index contributed by atoms with van der Waals surface area (Å²) in [6.45, 7) is 0. The number of nitrogens with one attached hydrogen (secondary N) is 1. The van der Waals surface area contributed by atoms with Crippen molar-refractivity contribution in [3.8, 4) is 0 Å². The summed E-state index contributed by atoms with van der Waals surface area (Å²) in [7, 11) is 1.83. The van der Waals surface area contributed by atoms with Gasteiger partial charge in [-0.3, -0.25) is 10.5 Å². The van der Waals surface area contributed by atoms with Crippen molar-refractivity contribution in [1.82, 2.24) is 9.78 Å². The number of aromatic nitrogens is 2. The van der Waals surface area contributed by atoms with Crippen LogP contribution in [0.25, 0.3) is 0 Å². The van der Waals surface area contributed by atoms with Crippen LogP contribution in [-0.4, -0.2) is 9.78 Å². The molecule has 5 heteroatoms. The molecule has 4 nitrogen and oxygen atoms in total. The minimum atomic E-state index is 0. The van der Waals surface area contributed by atoms with E-state index in [0.29, 0.717) is 0 Å². The Morgan fingerprint density at radius 1 is 1.78 bits per heavy atom. The lowest BCUT2D eigenvalue weighted by Gasteiger charge is -1.86. The molecule has 0 bridgehead atoms. The Morgan fingerprint density at radius 2 is 2.44 bits per heavy atom. The molecule has 1 aromatic rings. The van der Waals surface area contributed by atoms with Crippen LogP contribution in [0.3, 0.4) is 0 Å². The van der Waals surface area contributed by atoms with E-state index in [1.165, 1.54) is 0 Å². The predicted molar refractivity (Wildman–Crippen MR) is 38.3 cm³/mol. The van der Waals surface area contributed by atoms with Crippen LogP contribution in [-0.2, 0) is 7.05 Å². The highest BCUT2D eigenvalue weighted by molar-refractivity contribution is 5.85. The van der Waals surface area contributed by atoms with Gasteiger partial charge in [-0.15, -0.1) is 12.4 Å². The van der Waals surface area contributed by atoms with Gasteiger partial charge in [-0.2, -0.15) is 5.10 Å². The summed E-state index contributed by atoms with van der Waals surface area (Å²) in [5.41, 5.74) is 3.29. The van der Waals surface area contributed by atoms with Crippen molar-refractivity contribution in [1.29, 1.82) is 0 Å². The van der Waals surface area contributed by atoms with Crippen LogP contribution in [0.1, 0.15) is 0 Å². The molecule has 0 aliphatic carbocycles. The van der Waals surface area contributed by atoms with Gasteiger partial charge in [0.25, 0.3) is 0 Å². The number of hydrazine groups is 1. The van der Waals surface area contributed by atoms with Crippen molar-refractivity contribution in [2.24, 2.45) is 12.9 Å². The van der Waals surface area contributed by atoms with Crippen molar-refractivity contribution in [2.75, 3.05) is 5.43 Å². The molecule has 0 unspecified atom stereocenters. The number of hydrogen-bond acceptors (Lipinski definition) is 3. The summed E-state index contributed by atoms with van der Waals surface area (Å²) in [4.78, 5) is 0. The molecular weight excluding hydrogens is 140 g/mol. The first-order valence-corrected chi connectivity index (χ1v) is 2.28. The topological polar surface area (TPSA) is 55.9 Å². The third kappa shape index (κ3) is 1.91. The average molecular weight is 149 g/mol. The van der Waals surface area contributed by atoms with Gasteiger partial charge in [-0.05, 0) is 0 Å². The first kappa shape index (κ1) is 8.26. The summed E-state index contributed by atoms with van der Waals surface area (Å²) in [6, 6.07) is 0. The van der Waals surface area contributed by atoms with Crippen molar-refractivity contribution >= 4 is 18.1 Å². The molecule has 52 valence electrons. The number of halogens is 1. The lowest BCUT2D eigenvalue weighted by Crippen LogP contribution is -2.05. The van der Waals surface area contributed by atoms with Gasteiger partial charge in [-0.25, -0.2) is 0 Å². The largest absolute Gasteiger partial charge is 0.321 e. The Hall–Kier alpha value is -0.740. The van der Waals surface area contributed by atoms with Gasteiger partial charge >= 0.3 is 0 Å². The van der Waals surface area contributed by atoms with E-state index in [1.807, 2.05) is 7.05 Å². The van der Waals surface area contributed by atoms with Crippen LogP contribution in [0.5, 0.6) is 0 Å². The van der Waals surface area contributed by atoms with Crippen LogP contribution in [0, 0.1) is 0 Å². The Labute approximate surface area is 59.4 Å². The zero-order valence-corrected chi connectivity index (χ0v) is 5.85. The Morgan fingerprint density at radius 3 is 2.67 bits per heavy atom. The molecule has 0 spiro atoms. The molecule has 0 aliphatic rings. The first-order valence-electron chi connectivity index (χ1n) is 2.28. The van der Waals surface area contributed by atoms with E-state index < -0.39 is 0 Å². The van der Waals surface area contributed by atoms with E-state index in [-0.39, 0.29) is 12.4 Å². The maximum absolute atomic E-state index is 5.06. The molecule has 0 aromatic carbocycles. The second-order valence-electron chi connectivity index (χ2n) is 1.55. The van der Waals surface area contributed by atoms with E-state index in [2.05, 4.69) is 10.5 Å². The van der Waals surface area contributed by atoms with Crippen LogP contribution in [0.15, 0.2) is 12.4 Å². The lowest BCUT2D eigenvalue weighted by molar-refractivity contribution is 0.768. The fourth-order valence-electron chi connectivity index (χ4n) is 0.496. The van der Waals surface area contributed by atoms with Gasteiger partial charge in [0.1, 0.15) is 0 Å². The Bertz CT molecular complexity index is 173. The second-order valence-corrected chi connectivity index (χ2v) is 1.55. The smallest absolute Gasteiger partial charge is 0.0868 e. The van der Waals surface area contributed by atoms with E-state index >= 15 is 0 Å². The van der Waals surface area contributed by atoms with E-state index in [1.54, 1.807) is 17.1 Å². The SMILES string of the molecule is Cl.Cn1cc(NN)cn1. The monoisotopic (exact) mass is 148 g/mol. The van der Waals surface area contributed by atoms with Gasteiger partial charge < -0.3 is 5.43 Å². The number of nitrogen functional groups attached to an aromatic ring is 1. The third-order valence-electron chi connectivity index (χ3n) is 0.872. The molecule has 0 fully saturated rings. The first-order chi connectivity index (χ1) is 3.83. The summed E-state index contributed by atoms with van der Waals surface area (Å²) in [5, 5.41) is 3.86. The molecule has 0 amide bonds. The fourth-order valence-corrected chi connectivity index (χ4v) is 0.496. The summed E-state index contributed by atoms with van der Waals surface area (Å²) < 4.78 is 1.68. The zero-order chi connectivity index (χ0) is 5.98. The number of nitrogens with two attached hydrogens (primary N) is 1. The molecule has 0 radical (unpaired) electrons. The normalized spacial score (nSPS) is 8.22. The van der Waals surface area contributed by atoms with Crippen LogP contribution >= 0.6 is 12.4 Å². The average Bonchev–Trinajstić information content (AvgIpc) is 2.14. The summed E-state index contributed by atoms with van der Waals surface area (Å²) in [6.07, 6.45) is 3.44. The Kier molecular flexibility index (Phi) is 3.05. The molecule has 0 saturated carbocycles. The number of anilines is 1. The van der Waals surface area contributed by atoms with Crippen LogP contribution in [0.2, 0.25) is 0 Å². The van der Waals surface area contributed by atoms with Gasteiger partial charge in [0.05, 0.1) is 11.9 Å². The van der Waals surface area contributed by atoms with Gasteiger partial charge in [-0.1, -0.05) is 0 Å². The Balaban J connectivity index is 0.000000640. The number of aryl methyl sites for hydroxylation is 1. The highest BCUT2D eigenvalue weighted by Gasteiger charge is 1.87. The molecule has 1 rings (SSSR count). The van der Waals surface area contributed by atoms with Crippen molar-refractivity contribution < 1.29 is 0 Å². The maximum atomic E-state index is 5.06. The lowest BCUT2D eigenvalue weighted by atomic mass is 10.6. The standard InChI is InChI=1S/C4H8N4.ClH/c1-8-3-4(7-5)2-6-8;/h2-3,7H,5H2,1H3;1H. The van der Waals surface area contributed by atoms with E-state index in [4.69, 9.17) is 5.84 Å². The van der Waals surface area contributed by atoms with Crippen LogP contribution < -0.4 is 11.3 Å². The highest BCUT2D eigenvalue weighted by atomic mass is 35.5. The van der Waals surface area contributed by atoms with E-state index in [0.717, 1.165) is 5.69 Å². The molecular formula is C4H9ClN4. The summed E-state index contributed by atoms with van der Waals surface area (Å²) >= 11 is 0. The zero-order valence-electron chi connectivity index (χ0n) is 5.03. The van der Waals surface area contributed by atoms with Crippen molar-refractivity contribution in [3.63, 3.8) is 0 Å². The summed E-state index contributed by atoms with van der Waals surface area (Å²) in [5.74, 6) is 5.06. The molecule has 9 heavy (non-hydrogen) atoms. The predicted octanol–water partition coefficient (Wildman–Crippen LogP) is 0.127. The van der Waals surface area contributed by atoms with E-state index in [9.17, 15) is 0 Å². The third-order valence-corrected chi connectivity index (χ3v) is 0.872. The second kappa shape index (κ2) is 3.32. The minimum Gasteiger partial charge on any atom is -0.321 e. The van der Waals surface area contributed by atoms with Gasteiger partial charge in [0, 0.05) is 13.2 Å². The molecule has 0 atom stereocenters. The number of hydrogen-bond donors (Lipinski definition) is 2. The van der Waals surface area contributed by atoms with Crippen molar-refractivity contribution in [2.45, 2.75) is 0 Å². The highest BCUT2D eigenvalue weighted by Crippen LogP contribution is 1.98. The minimum absolute atomic E-state index is 0. The van der Waals surface area contributed by atoms with Crippen LogP contribution in [0.4, 0.5) is 5.69 Å². The van der Waals surface area contributed by atoms with Crippen molar-refractivity contribution in [3.05, 3.63) is 12.4 Å². The molecule has 0 saturated heterocycles. The molecule has 0 aliphatic heterocycles. The molecule has 3 N–H and O–H groups in total.